The number of halogens is 1. The highest BCUT2D eigenvalue weighted by Gasteiger charge is 2.12. The zero-order valence-electron chi connectivity index (χ0n) is 10.8. The fraction of sp³-hybridized carbons (Fsp3) is 0.583. The van der Waals surface area contributed by atoms with Crippen LogP contribution in [-0.2, 0) is 22.5 Å². The second kappa shape index (κ2) is 6.66. The maximum absolute atomic E-state index is 12.0. The highest BCUT2D eigenvalue weighted by atomic mass is 35.5. The van der Waals surface area contributed by atoms with Gasteiger partial charge in [0, 0.05) is 12.7 Å². The Bertz CT molecular complexity index is 483. The van der Waals surface area contributed by atoms with Gasteiger partial charge in [0.25, 0.3) is 5.56 Å². The molecule has 0 saturated carbocycles. The van der Waals surface area contributed by atoms with Crippen LogP contribution >= 0.6 is 11.6 Å². The lowest BCUT2D eigenvalue weighted by Crippen LogP contribution is -2.29. The monoisotopic (exact) mass is 272 g/mol. The average molecular weight is 273 g/mol. The minimum absolute atomic E-state index is 0.0738. The summed E-state index contributed by atoms with van der Waals surface area (Å²) in [7, 11) is 1.56. The Kier molecular flexibility index (Phi) is 5.50. The van der Waals surface area contributed by atoms with Crippen molar-refractivity contribution in [1.29, 1.82) is 0 Å². The van der Waals surface area contributed by atoms with E-state index < -0.39 is 5.24 Å². The van der Waals surface area contributed by atoms with Gasteiger partial charge in [-0.1, -0.05) is 13.8 Å². The molecule has 1 aromatic rings. The Balaban J connectivity index is 3.19. The number of rotatable bonds is 6. The quantitative estimate of drug-likeness (QED) is 0.733. The zero-order valence-corrected chi connectivity index (χ0v) is 11.5. The molecule has 0 spiro atoms. The molecule has 0 aromatic carbocycles. The van der Waals surface area contributed by atoms with Crippen molar-refractivity contribution in [1.82, 2.24) is 9.78 Å². The summed E-state index contributed by atoms with van der Waals surface area (Å²) in [5, 5.41) is 3.70. The smallest absolute Gasteiger partial charge is 0.270 e. The third-order valence-corrected chi connectivity index (χ3v) is 2.63. The maximum Gasteiger partial charge on any atom is 0.270 e. The molecule has 0 atom stereocenters. The molecule has 0 aliphatic rings. The molecule has 0 aliphatic carbocycles. The van der Waals surface area contributed by atoms with Gasteiger partial charge in [-0.05, 0) is 23.6 Å². The van der Waals surface area contributed by atoms with Crippen molar-refractivity contribution in [3.63, 3.8) is 0 Å². The first-order valence-corrected chi connectivity index (χ1v) is 6.11. The van der Waals surface area contributed by atoms with Gasteiger partial charge in [0.2, 0.25) is 5.24 Å². The molecule has 100 valence electrons. The Labute approximate surface area is 111 Å². The summed E-state index contributed by atoms with van der Waals surface area (Å²) < 4.78 is 6.26. The van der Waals surface area contributed by atoms with E-state index in [9.17, 15) is 9.59 Å². The zero-order chi connectivity index (χ0) is 13.7. The SMILES string of the molecule is COCCn1nc(C(C)C)cc(CC(=O)Cl)c1=O. The molecular weight excluding hydrogens is 256 g/mol. The van der Waals surface area contributed by atoms with E-state index >= 15 is 0 Å². The molecule has 18 heavy (non-hydrogen) atoms. The molecule has 0 N–H and O–H groups in total. The van der Waals surface area contributed by atoms with Crippen LogP contribution < -0.4 is 5.56 Å². The number of nitrogens with zero attached hydrogens (tertiary/aromatic N) is 2. The van der Waals surface area contributed by atoms with Crippen LogP contribution in [0.15, 0.2) is 10.9 Å². The molecule has 1 rings (SSSR count). The Hall–Kier alpha value is -1.20. The highest BCUT2D eigenvalue weighted by molar-refractivity contribution is 6.63. The highest BCUT2D eigenvalue weighted by Crippen LogP contribution is 2.11. The molecule has 0 saturated heterocycles. The van der Waals surface area contributed by atoms with Crippen molar-refractivity contribution < 1.29 is 9.53 Å². The molecular formula is C12H17ClN2O3. The summed E-state index contributed by atoms with van der Waals surface area (Å²) in [6.07, 6.45) is -0.0738. The minimum atomic E-state index is -0.550. The first kappa shape index (κ1) is 14.9. The van der Waals surface area contributed by atoms with Gasteiger partial charge in [0.05, 0.1) is 25.3 Å². The number of carbonyl (C=O) groups excluding carboxylic acids is 1. The van der Waals surface area contributed by atoms with Gasteiger partial charge in [-0.15, -0.1) is 0 Å². The van der Waals surface area contributed by atoms with E-state index in [0.29, 0.717) is 18.7 Å². The summed E-state index contributed by atoms with van der Waals surface area (Å²) in [4.78, 5) is 23.0. The number of hydrogen-bond acceptors (Lipinski definition) is 4. The van der Waals surface area contributed by atoms with Gasteiger partial charge in [0.1, 0.15) is 0 Å². The fourth-order valence-electron chi connectivity index (χ4n) is 1.51. The summed E-state index contributed by atoms with van der Waals surface area (Å²) >= 11 is 5.34. The number of ether oxygens (including phenoxy) is 1. The lowest BCUT2D eigenvalue weighted by atomic mass is 10.1. The van der Waals surface area contributed by atoms with Gasteiger partial charge in [-0.25, -0.2) is 4.68 Å². The van der Waals surface area contributed by atoms with Crippen LogP contribution in [-0.4, -0.2) is 28.7 Å². The number of aromatic nitrogens is 2. The molecule has 1 aromatic heterocycles. The molecule has 0 amide bonds. The minimum Gasteiger partial charge on any atom is -0.383 e. The second-order valence-electron chi connectivity index (χ2n) is 4.30. The number of hydrogen-bond donors (Lipinski definition) is 0. The lowest BCUT2D eigenvalue weighted by molar-refractivity contribution is -0.111. The van der Waals surface area contributed by atoms with E-state index in [1.54, 1.807) is 13.2 Å². The van der Waals surface area contributed by atoms with Gasteiger partial charge < -0.3 is 4.74 Å². The van der Waals surface area contributed by atoms with Crippen molar-refractivity contribution in [2.45, 2.75) is 32.7 Å². The topological polar surface area (TPSA) is 61.2 Å². The lowest BCUT2D eigenvalue weighted by Gasteiger charge is -2.11. The summed E-state index contributed by atoms with van der Waals surface area (Å²) in [5.41, 5.74) is 0.855. The van der Waals surface area contributed by atoms with Gasteiger partial charge in [0.15, 0.2) is 0 Å². The molecule has 0 radical (unpaired) electrons. The first-order valence-electron chi connectivity index (χ1n) is 5.74. The van der Waals surface area contributed by atoms with E-state index in [4.69, 9.17) is 16.3 Å². The molecule has 0 aliphatic heterocycles. The predicted molar refractivity (Wildman–Crippen MR) is 69.0 cm³/mol. The standard InChI is InChI=1S/C12H17ClN2O3/c1-8(2)10-6-9(7-11(13)16)12(17)15(14-10)4-5-18-3/h6,8H,4-5,7H2,1-3H3. The largest absolute Gasteiger partial charge is 0.383 e. The van der Waals surface area contributed by atoms with Gasteiger partial charge in [-0.3, -0.25) is 9.59 Å². The van der Waals surface area contributed by atoms with E-state index in [1.165, 1.54) is 4.68 Å². The molecule has 0 unspecified atom stereocenters. The Morgan fingerprint density at radius 1 is 1.56 bits per heavy atom. The van der Waals surface area contributed by atoms with Crippen LogP contribution in [0, 0.1) is 0 Å². The molecule has 1 heterocycles. The number of carbonyl (C=O) groups is 1. The van der Waals surface area contributed by atoms with Crippen molar-refractivity contribution in [2.24, 2.45) is 0 Å². The van der Waals surface area contributed by atoms with Crippen molar-refractivity contribution in [2.75, 3.05) is 13.7 Å². The molecule has 5 nitrogen and oxygen atoms in total. The Morgan fingerprint density at radius 3 is 2.72 bits per heavy atom. The first-order chi connectivity index (χ1) is 8.45. The van der Waals surface area contributed by atoms with Crippen LogP contribution in [0.2, 0.25) is 0 Å². The van der Waals surface area contributed by atoms with Crippen LogP contribution in [0.1, 0.15) is 31.0 Å². The van der Waals surface area contributed by atoms with Crippen molar-refractivity contribution in [3.05, 3.63) is 27.7 Å². The van der Waals surface area contributed by atoms with Crippen LogP contribution in [0.3, 0.4) is 0 Å². The van der Waals surface area contributed by atoms with E-state index in [1.807, 2.05) is 13.8 Å². The second-order valence-corrected chi connectivity index (χ2v) is 4.72. The van der Waals surface area contributed by atoms with Crippen molar-refractivity contribution >= 4 is 16.8 Å². The molecule has 6 heteroatoms. The van der Waals surface area contributed by atoms with Gasteiger partial charge in [-0.2, -0.15) is 5.10 Å². The number of methoxy groups -OCH3 is 1. The maximum atomic E-state index is 12.0. The van der Waals surface area contributed by atoms with Crippen molar-refractivity contribution in [3.8, 4) is 0 Å². The van der Waals surface area contributed by atoms with Gasteiger partial charge >= 0.3 is 0 Å². The van der Waals surface area contributed by atoms with Crippen LogP contribution in [0.4, 0.5) is 0 Å². The van der Waals surface area contributed by atoms with E-state index in [-0.39, 0.29) is 17.9 Å². The predicted octanol–water partition coefficient (Wildman–Crippen LogP) is 1.32. The fourth-order valence-corrected chi connectivity index (χ4v) is 1.65. The normalized spacial score (nSPS) is 10.9. The van der Waals surface area contributed by atoms with E-state index in [0.717, 1.165) is 5.69 Å². The third-order valence-electron chi connectivity index (χ3n) is 2.50. The summed E-state index contributed by atoms with van der Waals surface area (Å²) in [6, 6.07) is 1.65. The van der Waals surface area contributed by atoms with Crippen LogP contribution in [0.25, 0.3) is 0 Å². The summed E-state index contributed by atoms with van der Waals surface area (Å²) in [5.74, 6) is 0.170. The van der Waals surface area contributed by atoms with Crippen LogP contribution in [0.5, 0.6) is 0 Å². The Morgan fingerprint density at radius 2 is 2.22 bits per heavy atom. The molecule has 0 bridgehead atoms. The third kappa shape index (κ3) is 3.92. The molecule has 0 fully saturated rings. The summed E-state index contributed by atoms with van der Waals surface area (Å²) in [6.45, 7) is 4.70. The van der Waals surface area contributed by atoms with E-state index in [2.05, 4.69) is 5.10 Å². The average Bonchev–Trinajstić information content (AvgIpc) is 2.29.